The number of carbonyl (C=O) groups excluding carboxylic acids is 1. The molecule has 0 aliphatic carbocycles. The van der Waals surface area contributed by atoms with E-state index in [0.717, 1.165) is 22.4 Å². The summed E-state index contributed by atoms with van der Waals surface area (Å²) >= 11 is 9.52. The van der Waals surface area contributed by atoms with E-state index in [1.807, 2.05) is 45.9 Å². The predicted octanol–water partition coefficient (Wildman–Crippen LogP) is 2.82. The molecule has 1 saturated heterocycles. The molecule has 21 heavy (non-hydrogen) atoms. The van der Waals surface area contributed by atoms with Crippen LogP contribution in [0.4, 0.5) is 0 Å². The van der Waals surface area contributed by atoms with Gasteiger partial charge in [-0.05, 0) is 45.8 Å². The number of benzene rings is 1. The molecule has 108 valence electrons. The van der Waals surface area contributed by atoms with E-state index in [9.17, 15) is 4.79 Å². The molecule has 1 atom stereocenters. The van der Waals surface area contributed by atoms with Crippen molar-refractivity contribution in [3.8, 4) is 0 Å². The number of nitrogens with one attached hydrogen (secondary N) is 1. The summed E-state index contributed by atoms with van der Waals surface area (Å²) in [6.07, 6.45) is 0. The van der Waals surface area contributed by atoms with Crippen molar-refractivity contribution >= 4 is 33.4 Å². The lowest BCUT2D eigenvalue weighted by molar-refractivity contribution is 0.0394. The third-order valence-corrected chi connectivity index (χ3v) is 5.26. The summed E-state index contributed by atoms with van der Waals surface area (Å²) in [4.78, 5) is 14.7. The van der Waals surface area contributed by atoms with Crippen LogP contribution in [-0.2, 0) is 12.2 Å². The molecule has 0 radical (unpaired) electrons. The summed E-state index contributed by atoms with van der Waals surface area (Å²) in [5.41, 5.74) is 1.30. The fraction of sp³-hybridized carbons (Fsp3) is 0.267. The Labute approximate surface area is 135 Å². The lowest BCUT2D eigenvalue weighted by Crippen LogP contribution is -2.57. The average Bonchev–Trinajstić information content (AvgIpc) is 3.06. The van der Waals surface area contributed by atoms with E-state index in [-0.39, 0.29) is 5.91 Å². The molecular weight excluding hydrogens is 354 g/mol. The lowest BCUT2D eigenvalue weighted by atomic mass is 9.96. The van der Waals surface area contributed by atoms with Crippen LogP contribution in [0.15, 0.2) is 41.0 Å². The summed E-state index contributed by atoms with van der Waals surface area (Å²) < 4.78 is 2.94. The first-order chi connectivity index (χ1) is 10.1. The maximum absolute atomic E-state index is 12.8. The molecule has 2 aliphatic heterocycles. The van der Waals surface area contributed by atoms with E-state index in [2.05, 4.69) is 21.2 Å². The largest absolute Gasteiger partial charge is 0.327 e. The van der Waals surface area contributed by atoms with Crippen molar-refractivity contribution in [3.05, 3.63) is 57.3 Å². The summed E-state index contributed by atoms with van der Waals surface area (Å²) in [6, 6.07) is 11.5. The minimum Gasteiger partial charge on any atom is -0.327 e. The first kappa shape index (κ1) is 13.4. The van der Waals surface area contributed by atoms with Gasteiger partial charge < -0.3 is 9.47 Å². The Kier molecular flexibility index (Phi) is 2.93. The standard InChI is InChI=1S/C15H13BrClN3O/c16-13-6-5-12-14(21)20-8-7-18-15(20,9-19(12)13)10-1-3-11(17)4-2-10/h1-6,18H,7-9H2. The Balaban J connectivity index is 1.89. The second kappa shape index (κ2) is 4.60. The summed E-state index contributed by atoms with van der Waals surface area (Å²) in [6.45, 7) is 2.18. The van der Waals surface area contributed by atoms with Crippen LogP contribution in [0.3, 0.4) is 0 Å². The molecule has 1 unspecified atom stereocenters. The Morgan fingerprint density at radius 2 is 1.95 bits per heavy atom. The second-order valence-corrected chi connectivity index (χ2v) is 6.63. The quantitative estimate of drug-likeness (QED) is 0.843. The zero-order valence-electron chi connectivity index (χ0n) is 11.1. The van der Waals surface area contributed by atoms with E-state index in [1.54, 1.807) is 0 Å². The normalized spacial score (nSPS) is 24.1. The van der Waals surface area contributed by atoms with Crippen molar-refractivity contribution in [3.63, 3.8) is 0 Å². The SMILES string of the molecule is O=C1c2ccc(Br)n2CC2(c3ccc(Cl)cc3)NCCN12. The molecule has 1 N–H and O–H groups in total. The third-order valence-electron chi connectivity index (χ3n) is 4.31. The second-order valence-electron chi connectivity index (χ2n) is 5.38. The molecule has 6 heteroatoms. The molecule has 1 amide bonds. The first-order valence-corrected chi connectivity index (χ1v) is 7.97. The predicted molar refractivity (Wildman–Crippen MR) is 84.3 cm³/mol. The maximum atomic E-state index is 12.8. The van der Waals surface area contributed by atoms with E-state index in [1.165, 1.54) is 0 Å². The minimum absolute atomic E-state index is 0.0619. The number of fused-ring (bicyclic) bond motifs is 2. The highest BCUT2D eigenvalue weighted by Crippen LogP contribution is 2.38. The molecule has 0 spiro atoms. The minimum atomic E-state index is -0.490. The molecule has 0 bridgehead atoms. The number of hydrogen-bond acceptors (Lipinski definition) is 2. The van der Waals surface area contributed by atoms with Gasteiger partial charge in [0.15, 0.2) is 0 Å². The number of nitrogens with zero attached hydrogens (tertiary/aromatic N) is 2. The van der Waals surface area contributed by atoms with Gasteiger partial charge in [-0.25, -0.2) is 0 Å². The van der Waals surface area contributed by atoms with Crippen molar-refractivity contribution in [1.29, 1.82) is 0 Å². The van der Waals surface area contributed by atoms with Crippen LogP contribution < -0.4 is 5.32 Å². The number of amides is 1. The topological polar surface area (TPSA) is 37.3 Å². The molecule has 2 aliphatic rings. The number of rotatable bonds is 1. The van der Waals surface area contributed by atoms with E-state index < -0.39 is 5.66 Å². The van der Waals surface area contributed by atoms with Crippen LogP contribution in [0.5, 0.6) is 0 Å². The Hall–Kier alpha value is -1.30. The van der Waals surface area contributed by atoms with Gasteiger partial charge in [0.25, 0.3) is 5.91 Å². The van der Waals surface area contributed by atoms with Gasteiger partial charge in [-0.2, -0.15) is 0 Å². The molecule has 3 heterocycles. The Bertz CT molecular complexity index is 727. The molecule has 1 aromatic heterocycles. The zero-order chi connectivity index (χ0) is 14.6. The van der Waals surface area contributed by atoms with Gasteiger partial charge in [0.2, 0.25) is 0 Å². The fourth-order valence-corrected chi connectivity index (χ4v) is 3.88. The molecule has 0 saturated carbocycles. The van der Waals surface area contributed by atoms with E-state index in [0.29, 0.717) is 18.1 Å². The number of hydrogen-bond donors (Lipinski definition) is 1. The van der Waals surface area contributed by atoms with Gasteiger partial charge in [-0.15, -0.1) is 0 Å². The smallest absolute Gasteiger partial charge is 0.272 e. The van der Waals surface area contributed by atoms with Crippen LogP contribution in [0.25, 0.3) is 0 Å². The van der Waals surface area contributed by atoms with Gasteiger partial charge in [0.1, 0.15) is 11.4 Å². The highest BCUT2D eigenvalue weighted by atomic mass is 79.9. The molecular formula is C15H13BrClN3O. The van der Waals surface area contributed by atoms with Crippen LogP contribution in [0.1, 0.15) is 16.1 Å². The molecule has 4 nitrogen and oxygen atoms in total. The fourth-order valence-electron chi connectivity index (χ4n) is 3.31. The van der Waals surface area contributed by atoms with Crippen LogP contribution >= 0.6 is 27.5 Å². The summed E-state index contributed by atoms with van der Waals surface area (Å²) in [5, 5.41) is 4.22. The maximum Gasteiger partial charge on any atom is 0.272 e. The monoisotopic (exact) mass is 365 g/mol. The Morgan fingerprint density at radius 1 is 1.19 bits per heavy atom. The third kappa shape index (κ3) is 1.81. The molecule has 1 fully saturated rings. The summed E-state index contributed by atoms with van der Waals surface area (Å²) in [5.74, 6) is 0.0619. The summed E-state index contributed by atoms with van der Waals surface area (Å²) in [7, 11) is 0. The zero-order valence-corrected chi connectivity index (χ0v) is 13.5. The van der Waals surface area contributed by atoms with Gasteiger partial charge in [0, 0.05) is 18.1 Å². The van der Waals surface area contributed by atoms with E-state index in [4.69, 9.17) is 11.6 Å². The van der Waals surface area contributed by atoms with Gasteiger partial charge in [-0.3, -0.25) is 10.1 Å². The van der Waals surface area contributed by atoms with Crippen molar-refractivity contribution in [2.75, 3.05) is 13.1 Å². The Morgan fingerprint density at radius 3 is 2.71 bits per heavy atom. The van der Waals surface area contributed by atoms with Gasteiger partial charge in [0.05, 0.1) is 11.1 Å². The van der Waals surface area contributed by atoms with Crippen molar-refractivity contribution in [2.24, 2.45) is 0 Å². The van der Waals surface area contributed by atoms with Crippen LogP contribution in [-0.4, -0.2) is 28.5 Å². The molecule has 2 aromatic rings. The average molecular weight is 367 g/mol. The first-order valence-electron chi connectivity index (χ1n) is 6.80. The highest BCUT2D eigenvalue weighted by molar-refractivity contribution is 9.10. The number of carbonyl (C=O) groups is 1. The van der Waals surface area contributed by atoms with Crippen molar-refractivity contribution in [1.82, 2.24) is 14.8 Å². The number of aromatic nitrogens is 1. The van der Waals surface area contributed by atoms with Crippen LogP contribution in [0.2, 0.25) is 5.02 Å². The lowest BCUT2D eigenvalue weighted by Gasteiger charge is -2.43. The van der Waals surface area contributed by atoms with Crippen molar-refractivity contribution in [2.45, 2.75) is 12.2 Å². The van der Waals surface area contributed by atoms with Gasteiger partial charge in [-0.1, -0.05) is 23.7 Å². The van der Waals surface area contributed by atoms with E-state index >= 15 is 0 Å². The van der Waals surface area contributed by atoms with Crippen molar-refractivity contribution < 1.29 is 4.79 Å². The molecule has 1 aromatic carbocycles. The van der Waals surface area contributed by atoms with Crippen LogP contribution in [0, 0.1) is 0 Å². The number of halogens is 2. The highest BCUT2D eigenvalue weighted by Gasteiger charge is 2.49. The molecule has 4 rings (SSSR count). The van der Waals surface area contributed by atoms with Gasteiger partial charge >= 0.3 is 0 Å².